The van der Waals surface area contributed by atoms with Crippen molar-refractivity contribution in [3.63, 3.8) is 0 Å². The highest BCUT2D eigenvalue weighted by Crippen LogP contribution is 2.25. The Morgan fingerprint density at radius 3 is 2.31 bits per heavy atom. The third-order valence-corrected chi connectivity index (χ3v) is 3.61. The molecule has 1 aromatic rings. The zero-order valence-electron chi connectivity index (χ0n) is 9.85. The van der Waals surface area contributed by atoms with Crippen LogP contribution in [-0.2, 0) is 0 Å². The van der Waals surface area contributed by atoms with Crippen LogP contribution in [0.3, 0.4) is 0 Å². The summed E-state index contributed by atoms with van der Waals surface area (Å²) in [7, 11) is 0. The predicted octanol–water partition coefficient (Wildman–Crippen LogP) is 4.90. The zero-order valence-corrected chi connectivity index (χ0v) is 12.2. The van der Waals surface area contributed by atoms with Crippen molar-refractivity contribution < 1.29 is 4.74 Å². The van der Waals surface area contributed by atoms with Crippen LogP contribution in [0.2, 0.25) is 5.02 Å². The quantitative estimate of drug-likeness (QED) is 0.536. The van der Waals surface area contributed by atoms with E-state index in [2.05, 4.69) is 15.9 Å². The summed E-state index contributed by atoms with van der Waals surface area (Å²) in [6, 6.07) is 4.00. The highest BCUT2D eigenvalue weighted by molar-refractivity contribution is 9.09. The minimum atomic E-state index is 0.785. The van der Waals surface area contributed by atoms with E-state index in [1.54, 1.807) is 0 Å². The van der Waals surface area contributed by atoms with Gasteiger partial charge in [0.05, 0.1) is 6.61 Å². The lowest BCUT2D eigenvalue weighted by atomic mass is 10.1. The van der Waals surface area contributed by atoms with Gasteiger partial charge in [-0.3, -0.25) is 0 Å². The fraction of sp³-hybridized carbons (Fsp3) is 0.538. The van der Waals surface area contributed by atoms with E-state index < -0.39 is 0 Å². The molecule has 0 heterocycles. The first-order valence-corrected chi connectivity index (χ1v) is 7.10. The molecule has 1 nitrogen and oxygen atoms in total. The van der Waals surface area contributed by atoms with Gasteiger partial charge in [0, 0.05) is 10.4 Å². The first-order valence-electron chi connectivity index (χ1n) is 5.60. The normalized spacial score (nSPS) is 10.5. The molecule has 0 aliphatic rings. The Hall–Kier alpha value is -0.210. The second kappa shape index (κ2) is 7.18. The lowest BCUT2D eigenvalue weighted by molar-refractivity contribution is 0.306. The smallest absolute Gasteiger partial charge is 0.119 e. The molecule has 0 spiro atoms. The summed E-state index contributed by atoms with van der Waals surface area (Å²) in [5, 5.41) is 1.92. The number of ether oxygens (including phenoxy) is 1. The average molecular weight is 306 g/mol. The van der Waals surface area contributed by atoms with Crippen LogP contribution < -0.4 is 4.74 Å². The van der Waals surface area contributed by atoms with Crippen LogP contribution in [0.1, 0.15) is 30.4 Å². The van der Waals surface area contributed by atoms with E-state index >= 15 is 0 Å². The van der Waals surface area contributed by atoms with Crippen LogP contribution in [0.5, 0.6) is 5.75 Å². The molecule has 0 unspecified atom stereocenters. The van der Waals surface area contributed by atoms with Crippen molar-refractivity contribution in [2.45, 2.75) is 33.1 Å². The van der Waals surface area contributed by atoms with Gasteiger partial charge < -0.3 is 4.74 Å². The van der Waals surface area contributed by atoms with Crippen molar-refractivity contribution in [3.05, 3.63) is 28.3 Å². The van der Waals surface area contributed by atoms with Gasteiger partial charge in [-0.2, -0.15) is 0 Å². The molecule has 0 amide bonds. The molecule has 0 saturated carbocycles. The van der Waals surface area contributed by atoms with E-state index in [0.717, 1.165) is 40.3 Å². The van der Waals surface area contributed by atoms with Gasteiger partial charge in [-0.05, 0) is 56.4 Å². The molecule has 16 heavy (non-hydrogen) atoms. The minimum absolute atomic E-state index is 0.785. The highest BCUT2D eigenvalue weighted by atomic mass is 79.9. The molecule has 0 aliphatic carbocycles. The first-order chi connectivity index (χ1) is 7.65. The highest BCUT2D eigenvalue weighted by Gasteiger charge is 2.03. The van der Waals surface area contributed by atoms with Crippen LogP contribution in [0.15, 0.2) is 12.1 Å². The van der Waals surface area contributed by atoms with E-state index in [4.69, 9.17) is 16.3 Å². The van der Waals surface area contributed by atoms with Gasteiger partial charge >= 0.3 is 0 Å². The van der Waals surface area contributed by atoms with Crippen molar-refractivity contribution in [1.29, 1.82) is 0 Å². The third kappa shape index (κ3) is 4.34. The van der Waals surface area contributed by atoms with Crippen molar-refractivity contribution in [1.82, 2.24) is 0 Å². The first kappa shape index (κ1) is 13.9. The van der Waals surface area contributed by atoms with Crippen molar-refractivity contribution in [2.75, 3.05) is 11.9 Å². The second-order valence-corrected chi connectivity index (χ2v) is 5.14. The Morgan fingerprint density at radius 2 is 1.75 bits per heavy atom. The molecule has 0 aliphatic heterocycles. The van der Waals surface area contributed by atoms with Gasteiger partial charge in [0.1, 0.15) is 5.75 Å². The molecule has 90 valence electrons. The van der Waals surface area contributed by atoms with Gasteiger partial charge in [-0.1, -0.05) is 27.5 Å². The summed E-state index contributed by atoms with van der Waals surface area (Å²) in [5.74, 6) is 0.929. The van der Waals surface area contributed by atoms with Crippen molar-refractivity contribution in [3.8, 4) is 5.75 Å². The molecule has 1 aromatic carbocycles. The summed E-state index contributed by atoms with van der Waals surface area (Å²) in [6.45, 7) is 4.80. The Bertz CT molecular complexity index is 316. The molecular weight excluding hydrogens is 287 g/mol. The van der Waals surface area contributed by atoms with Crippen LogP contribution >= 0.6 is 27.5 Å². The maximum Gasteiger partial charge on any atom is 0.119 e. The van der Waals surface area contributed by atoms with Crippen LogP contribution in [0, 0.1) is 13.8 Å². The topological polar surface area (TPSA) is 9.23 Å². The van der Waals surface area contributed by atoms with Crippen LogP contribution in [-0.4, -0.2) is 11.9 Å². The summed E-state index contributed by atoms with van der Waals surface area (Å²) < 4.78 is 5.70. The number of aryl methyl sites for hydroxylation is 2. The summed E-state index contributed by atoms with van der Waals surface area (Å²) in [5.41, 5.74) is 2.16. The van der Waals surface area contributed by atoms with E-state index in [1.165, 1.54) is 12.8 Å². The second-order valence-electron chi connectivity index (χ2n) is 3.97. The predicted molar refractivity (Wildman–Crippen MR) is 74.1 cm³/mol. The molecular formula is C13H18BrClO. The number of alkyl halides is 1. The standard InChI is InChI=1S/C13H18BrClO/c1-10-8-12(9-11(2)13(10)15)16-7-5-3-4-6-14/h8-9H,3-7H2,1-2H3. The molecule has 0 radical (unpaired) electrons. The summed E-state index contributed by atoms with van der Waals surface area (Å²) in [4.78, 5) is 0. The lowest BCUT2D eigenvalue weighted by Crippen LogP contribution is -1.98. The number of hydrogen-bond acceptors (Lipinski definition) is 1. The zero-order chi connectivity index (χ0) is 12.0. The Labute approximate surface area is 111 Å². The van der Waals surface area contributed by atoms with Gasteiger partial charge in [-0.15, -0.1) is 0 Å². The van der Waals surface area contributed by atoms with Gasteiger partial charge in [-0.25, -0.2) is 0 Å². The van der Waals surface area contributed by atoms with E-state index in [0.29, 0.717) is 0 Å². The van der Waals surface area contributed by atoms with Gasteiger partial charge in [0.2, 0.25) is 0 Å². The maximum absolute atomic E-state index is 6.09. The number of halogens is 2. The summed E-state index contributed by atoms with van der Waals surface area (Å²) >= 11 is 9.51. The largest absolute Gasteiger partial charge is 0.494 e. The van der Waals surface area contributed by atoms with Crippen LogP contribution in [0.4, 0.5) is 0 Å². The van der Waals surface area contributed by atoms with Crippen LogP contribution in [0.25, 0.3) is 0 Å². The van der Waals surface area contributed by atoms with E-state index in [-0.39, 0.29) is 0 Å². The molecule has 3 heteroatoms. The van der Waals surface area contributed by atoms with Gasteiger partial charge in [0.25, 0.3) is 0 Å². The number of benzene rings is 1. The van der Waals surface area contributed by atoms with E-state index in [9.17, 15) is 0 Å². The fourth-order valence-corrected chi connectivity index (χ4v) is 2.06. The molecule has 0 bridgehead atoms. The Kier molecular flexibility index (Phi) is 6.22. The number of rotatable bonds is 6. The van der Waals surface area contributed by atoms with Gasteiger partial charge in [0.15, 0.2) is 0 Å². The SMILES string of the molecule is Cc1cc(OCCCCCBr)cc(C)c1Cl. The summed E-state index contributed by atoms with van der Waals surface area (Å²) in [6.07, 6.45) is 3.52. The minimum Gasteiger partial charge on any atom is -0.494 e. The number of hydrogen-bond donors (Lipinski definition) is 0. The Morgan fingerprint density at radius 1 is 1.12 bits per heavy atom. The third-order valence-electron chi connectivity index (χ3n) is 2.46. The maximum atomic E-state index is 6.09. The number of unbranched alkanes of at least 4 members (excludes halogenated alkanes) is 2. The monoisotopic (exact) mass is 304 g/mol. The van der Waals surface area contributed by atoms with Crippen molar-refractivity contribution in [2.24, 2.45) is 0 Å². The molecule has 1 rings (SSSR count). The Balaban J connectivity index is 2.43. The molecule has 0 N–H and O–H groups in total. The average Bonchev–Trinajstić information content (AvgIpc) is 2.25. The van der Waals surface area contributed by atoms with Crippen molar-refractivity contribution >= 4 is 27.5 Å². The lowest BCUT2D eigenvalue weighted by Gasteiger charge is -2.09. The molecule has 0 fully saturated rings. The fourth-order valence-electron chi connectivity index (χ4n) is 1.55. The molecule has 0 saturated heterocycles. The molecule has 0 aromatic heterocycles. The molecule has 0 atom stereocenters. The van der Waals surface area contributed by atoms with E-state index in [1.807, 2.05) is 26.0 Å².